The molecule has 25 heavy (non-hydrogen) atoms. The van der Waals surface area contributed by atoms with E-state index in [-0.39, 0.29) is 23.1 Å². The first-order chi connectivity index (χ1) is 11.9. The third-order valence-electron chi connectivity index (χ3n) is 4.92. The summed E-state index contributed by atoms with van der Waals surface area (Å²) in [5.74, 6) is -0.130. The van der Waals surface area contributed by atoms with Gasteiger partial charge in [0.05, 0.1) is 17.4 Å². The van der Waals surface area contributed by atoms with Crippen LogP contribution in [0.5, 0.6) is 0 Å². The molecule has 128 valence electrons. The Morgan fingerprint density at radius 2 is 1.68 bits per heavy atom. The topological polar surface area (TPSA) is 41.1 Å². The van der Waals surface area contributed by atoms with Gasteiger partial charge in [0, 0.05) is 17.7 Å². The van der Waals surface area contributed by atoms with Crippen LogP contribution in [0.25, 0.3) is 0 Å². The lowest BCUT2D eigenvalue weighted by molar-refractivity contribution is -0.118. The highest BCUT2D eigenvalue weighted by Gasteiger charge is 2.38. The van der Waals surface area contributed by atoms with E-state index in [9.17, 15) is 9.18 Å². The number of para-hydroxylation sites is 2. The van der Waals surface area contributed by atoms with Gasteiger partial charge in [0.2, 0.25) is 0 Å². The number of rotatable bonds is 1. The number of hydrogen-bond acceptors (Lipinski definition) is 3. The van der Waals surface area contributed by atoms with E-state index in [1.165, 1.54) is 12.1 Å². The number of ketones is 1. The zero-order valence-corrected chi connectivity index (χ0v) is 14.4. The molecule has 0 amide bonds. The Balaban J connectivity index is 1.88. The summed E-state index contributed by atoms with van der Waals surface area (Å²) < 4.78 is 13.4. The summed E-state index contributed by atoms with van der Waals surface area (Å²) in [6, 6.07) is 14.0. The van der Waals surface area contributed by atoms with E-state index >= 15 is 0 Å². The number of fused-ring (bicyclic) bond motifs is 1. The van der Waals surface area contributed by atoms with Crippen molar-refractivity contribution >= 4 is 17.2 Å². The third kappa shape index (κ3) is 2.93. The van der Waals surface area contributed by atoms with E-state index in [0.29, 0.717) is 6.42 Å². The molecule has 0 saturated carbocycles. The number of carbonyl (C=O) groups excluding carboxylic acids is 1. The largest absolute Gasteiger partial charge is 0.372 e. The Bertz CT molecular complexity index is 868. The minimum absolute atomic E-state index is 0.0739. The molecule has 0 aromatic heterocycles. The first-order valence-electron chi connectivity index (χ1n) is 8.57. The van der Waals surface area contributed by atoms with Gasteiger partial charge in [0.25, 0.3) is 0 Å². The number of benzene rings is 2. The van der Waals surface area contributed by atoms with Crippen LogP contribution >= 0.6 is 0 Å². The molecule has 4 heteroatoms. The lowest BCUT2D eigenvalue weighted by atomic mass is 9.73. The van der Waals surface area contributed by atoms with Crippen LogP contribution in [0.2, 0.25) is 0 Å². The SMILES string of the molecule is CC1(C)CC(=O)C2=C(C1)Nc1ccccc1N[C@H]2c1ccc(F)cc1. The molecule has 1 aliphatic heterocycles. The van der Waals surface area contributed by atoms with Crippen LogP contribution in [-0.2, 0) is 4.79 Å². The molecule has 0 unspecified atom stereocenters. The summed E-state index contributed by atoms with van der Waals surface area (Å²) in [7, 11) is 0. The number of allylic oxidation sites excluding steroid dienone is 1. The maximum absolute atomic E-state index is 13.4. The fraction of sp³-hybridized carbons (Fsp3) is 0.286. The molecule has 1 heterocycles. The monoisotopic (exact) mass is 336 g/mol. The average Bonchev–Trinajstić information content (AvgIpc) is 2.70. The van der Waals surface area contributed by atoms with Gasteiger partial charge in [-0.1, -0.05) is 38.1 Å². The fourth-order valence-electron chi connectivity index (χ4n) is 3.79. The minimum atomic E-state index is -0.282. The Kier molecular flexibility index (Phi) is 3.64. The van der Waals surface area contributed by atoms with Crippen molar-refractivity contribution in [1.82, 2.24) is 0 Å². The lowest BCUT2D eigenvalue weighted by Gasteiger charge is -2.34. The van der Waals surface area contributed by atoms with Crippen molar-refractivity contribution < 1.29 is 9.18 Å². The number of Topliss-reactive ketones (excluding diaryl/α,β-unsaturated/α-hetero) is 1. The summed E-state index contributed by atoms with van der Waals surface area (Å²) in [5.41, 5.74) is 4.45. The zero-order chi connectivity index (χ0) is 17.6. The van der Waals surface area contributed by atoms with Gasteiger partial charge in [-0.3, -0.25) is 4.79 Å². The predicted octanol–water partition coefficient (Wildman–Crippen LogP) is 5.05. The van der Waals surface area contributed by atoms with Crippen molar-refractivity contribution in [2.45, 2.75) is 32.7 Å². The van der Waals surface area contributed by atoms with Crippen LogP contribution in [0.3, 0.4) is 0 Å². The van der Waals surface area contributed by atoms with Crippen LogP contribution < -0.4 is 10.6 Å². The van der Waals surface area contributed by atoms with Crippen molar-refractivity contribution in [2.75, 3.05) is 10.6 Å². The van der Waals surface area contributed by atoms with Crippen molar-refractivity contribution in [3.05, 3.63) is 71.2 Å². The summed E-state index contributed by atoms with van der Waals surface area (Å²) >= 11 is 0. The molecule has 0 radical (unpaired) electrons. The zero-order valence-electron chi connectivity index (χ0n) is 14.4. The van der Waals surface area contributed by atoms with E-state index in [4.69, 9.17) is 0 Å². The summed E-state index contributed by atoms with van der Waals surface area (Å²) in [6.45, 7) is 4.24. The smallest absolute Gasteiger partial charge is 0.163 e. The molecule has 2 aromatic rings. The summed E-state index contributed by atoms with van der Waals surface area (Å²) in [4.78, 5) is 13.0. The predicted molar refractivity (Wildman–Crippen MR) is 97.9 cm³/mol. The number of nitrogens with one attached hydrogen (secondary N) is 2. The highest BCUT2D eigenvalue weighted by molar-refractivity contribution is 6.01. The Labute approximate surface area is 146 Å². The minimum Gasteiger partial charge on any atom is -0.372 e. The second kappa shape index (κ2) is 5.73. The molecule has 2 aliphatic rings. The van der Waals surface area contributed by atoms with Crippen LogP contribution in [0.1, 0.15) is 38.3 Å². The van der Waals surface area contributed by atoms with Gasteiger partial charge in [-0.25, -0.2) is 4.39 Å². The highest BCUT2D eigenvalue weighted by atomic mass is 19.1. The first-order valence-corrected chi connectivity index (χ1v) is 8.57. The third-order valence-corrected chi connectivity index (χ3v) is 4.92. The van der Waals surface area contributed by atoms with Crippen LogP contribution in [0.15, 0.2) is 59.8 Å². The Morgan fingerprint density at radius 3 is 2.40 bits per heavy atom. The number of carbonyl (C=O) groups is 1. The van der Waals surface area contributed by atoms with E-state index in [1.807, 2.05) is 24.3 Å². The van der Waals surface area contributed by atoms with Gasteiger partial charge in [-0.2, -0.15) is 0 Å². The number of anilines is 2. The molecule has 0 bridgehead atoms. The van der Waals surface area contributed by atoms with E-state index in [2.05, 4.69) is 24.5 Å². The van der Waals surface area contributed by atoms with E-state index in [0.717, 1.165) is 34.6 Å². The quantitative estimate of drug-likeness (QED) is 0.766. The lowest BCUT2D eigenvalue weighted by Crippen LogP contribution is -2.31. The molecule has 3 nitrogen and oxygen atoms in total. The van der Waals surface area contributed by atoms with Gasteiger partial charge in [0.15, 0.2) is 5.78 Å². The number of halogens is 1. The Morgan fingerprint density at radius 1 is 1.00 bits per heavy atom. The Hall–Kier alpha value is -2.62. The normalized spacial score (nSPS) is 21.6. The molecule has 0 spiro atoms. The van der Waals surface area contributed by atoms with E-state index < -0.39 is 0 Å². The first kappa shape index (κ1) is 15.9. The van der Waals surface area contributed by atoms with Crippen molar-refractivity contribution in [3.63, 3.8) is 0 Å². The molecule has 4 rings (SSSR count). The second-order valence-electron chi connectivity index (χ2n) is 7.63. The van der Waals surface area contributed by atoms with Gasteiger partial charge in [-0.05, 0) is 41.7 Å². The maximum Gasteiger partial charge on any atom is 0.163 e. The van der Waals surface area contributed by atoms with E-state index in [1.54, 1.807) is 12.1 Å². The van der Waals surface area contributed by atoms with Crippen molar-refractivity contribution in [2.24, 2.45) is 5.41 Å². The standard InChI is InChI=1S/C21H21FN2O/c1-21(2)11-17-19(18(25)12-21)20(13-7-9-14(22)10-8-13)24-16-6-4-3-5-15(16)23-17/h3-10,20,23-24H,11-12H2,1-2H3/t20-/m0/s1. The number of hydrogen-bond donors (Lipinski definition) is 2. The molecular weight excluding hydrogens is 315 g/mol. The van der Waals surface area contributed by atoms with Crippen LogP contribution in [0, 0.1) is 11.2 Å². The maximum atomic E-state index is 13.4. The van der Waals surface area contributed by atoms with Gasteiger partial charge in [0.1, 0.15) is 5.82 Å². The molecular formula is C21H21FN2O. The molecule has 1 aliphatic carbocycles. The molecule has 2 N–H and O–H groups in total. The van der Waals surface area contributed by atoms with Gasteiger partial charge >= 0.3 is 0 Å². The highest BCUT2D eigenvalue weighted by Crippen LogP contribution is 2.45. The summed E-state index contributed by atoms with van der Waals surface area (Å²) in [5, 5.41) is 6.97. The average molecular weight is 336 g/mol. The second-order valence-corrected chi connectivity index (χ2v) is 7.63. The molecule has 0 fully saturated rings. The molecule has 1 atom stereocenters. The molecule has 2 aromatic carbocycles. The summed E-state index contributed by atoms with van der Waals surface area (Å²) in [6.07, 6.45) is 1.32. The van der Waals surface area contributed by atoms with Crippen LogP contribution in [-0.4, -0.2) is 5.78 Å². The fourth-order valence-corrected chi connectivity index (χ4v) is 3.79. The van der Waals surface area contributed by atoms with Crippen molar-refractivity contribution in [1.29, 1.82) is 0 Å². The van der Waals surface area contributed by atoms with Gasteiger partial charge < -0.3 is 10.6 Å². The van der Waals surface area contributed by atoms with Crippen LogP contribution in [0.4, 0.5) is 15.8 Å². The van der Waals surface area contributed by atoms with Crippen molar-refractivity contribution in [3.8, 4) is 0 Å². The van der Waals surface area contributed by atoms with Gasteiger partial charge in [-0.15, -0.1) is 0 Å². The molecule has 0 saturated heterocycles.